The third-order valence-corrected chi connectivity index (χ3v) is 2.76. The van der Waals surface area contributed by atoms with Crippen LogP contribution in [-0.2, 0) is 11.2 Å². The number of rotatable bonds is 7. The van der Waals surface area contributed by atoms with Gasteiger partial charge in [0.15, 0.2) is 0 Å². The van der Waals surface area contributed by atoms with Crippen LogP contribution in [0, 0.1) is 0 Å². The van der Waals surface area contributed by atoms with Gasteiger partial charge in [0, 0.05) is 0 Å². The Morgan fingerprint density at radius 2 is 1.88 bits per heavy atom. The van der Waals surface area contributed by atoms with Gasteiger partial charge in [0.25, 0.3) is 0 Å². The molecule has 1 rings (SSSR count). The minimum Gasteiger partial charge on any atom is -0.480 e. The maximum Gasteiger partial charge on any atom is 0.323 e. The van der Waals surface area contributed by atoms with Crippen LogP contribution in [0.15, 0.2) is 30.3 Å². The molecular weight excluding hydrogens is 218 g/mol. The summed E-state index contributed by atoms with van der Waals surface area (Å²) in [6.45, 7) is 0. The average molecular weight is 237 g/mol. The summed E-state index contributed by atoms with van der Waals surface area (Å²) in [5, 5.41) is 18.1. The lowest BCUT2D eigenvalue weighted by Crippen LogP contribution is -2.41. The summed E-state index contributed by atoms with van der Waals surface area (Å²) in [7, 11) is 0. The Labute approximate surface area is 101 Å². The molecule has 1 aromatic rings. The van der Waals surface area contributed by atoms with E-state index in [1.807, 2.05) is 18.2 Å². The standard InChI is InChI=1S/C13H19NO3/c14-12(13(16)17)11(15)9-5-4-8-10-6-2-1-3-7-10/h1-3,6-7,11-12,15H,4-5,8-9,14H2,(H,16,17). The van der Waals surface area contributed by atoms with Crippen LogP contribution in [0.1, 0.15) is 24.8 Å². The number of carbonyl (C=O) groups is 1. The predicted octanol–water partition coefficient (Wildman–Crippen LogP) is 1.17. The van der Waals surface area contributed by atoms with Crippen molar-refractivity contribution in [3.8, 4) is 0 Å². The van der Waals surface area contributed by atoms with Gasteiger partial charge < -0.3 is 15.9 Å². The normalized spacial score (nSPS) is 14.2. The summed E-state index contributed by atoms with van der Waals surface area (Å²) in [4.78, 5) is 10.5. The lowest BCUT2D eigenvalue weighted by molar-refractivity contribution is -0.141. The number of aliphatic hydroxyl groups excluding tert-OH is 1. The van der Waals surface area contributed by atoms with Crippen molar-refractivity contribution in [1.82, 2.24) is 0 Å². The highest BCUT2D eigenvalue weighted by molar-refractivity contribution is 5.73. The Balaban J connectivity index is 2.18. The molecule has 0 saturated carbocycles. The van der Waals surface area contributed by atoms with E-state index in [0.717, 1.165) is 19.3 Å². The van der Waals surface area contributed by atoms with Crippen LogP contribution in [0.3, 0.4) is 0 Å². The second kappa shape index (κ2) is 7.04. The van der Waals surface area contributed by atoms with Gasteiger partial charge in [-0.25, -0.2) is 0 Å². The monoisotopic (exact) mass is 237 g/mol. The van der Waals surface area contributed by atoms with E-state index in [2.05, 4.69) is 12.1 Å². The number of unbranched alkanes of at least 4 members (excludes halogenated alkanes) is 1. The number of nitrogens with two attached hydrogens (primary N) is 1. The van der Waals surface area contributed by atoms with Gasteiger partial charge in [-0.2, -0.15) is 0 Å². The topological polar surface area (TPSA) is 83.6 Å². The first-order chi connectivity index (χ1) is 8.11. The lowest BCUT2D eigenvalue weighted by Gasteiger charge is -2.14. The van der Waals surface area contributed by atoms with Crippen molar-refractivity contribution in [3.63, 3.8) is 0 Å². The molecule has 4 heteroatoms. The molecule has 17 heavy (non-hydrogen) atoms. The summed E-state index contributed by atoms with van der Waals surface area (Å²) in [6, 6.07) is 8.89. The highest BCUT2D eigenvalue weighted by Crippen LogP contribution is 2.09. The van der Waals surface area contributed by atoms with Crippen molar-refractivity contribution in [3.05, 3.63) is 35.9 Å². The molecule has 4 N–H and O–H groups in total. The highest BCUT2D eigenvalue weighted by Gasteiger charge is 2.20. The van der Waals surface area contributed by atoms with Crippen molar-refractivity contribution in [2.24, 2.45) is 5.73 Å². The predicted molar refractivity (Wildman–Crippen MR) is 65.6 cm³/mol. The molecular formula is C13H19NO3. The van der Waals surface area contributed by atoms with Crippen LogP contribution in [0.5, 0.6) is 0 Å². The minimum atomic E-state index is -1.17. The van der Waals surface area contributed by atoms with E-state index in [1.54, 1.807) is 0 Å². The van der Waals surface area contributed by atoms with E-state index in [1.165, 1.54) is 5.56 Å². The molecule has 94 valence electrons. The van der Waals surface area contributed by atoms with Crippen LogP contribution in [0.2, 0.25) is 0 Å². The largest absolute Gasteiger partial charge is 0.480 e. The van der Waals surface area contributed by atoms with Gasteiger partial charge in [-0.15, -0.1) is 0 Å². The van der Waals surface area contributed by atoms with Crippen molar-refractivity contribution in [2.75, 3.05) is 0 Å². The Morgan fingerprint density at radius 3 is 2.47 bits per heavy atom. The zero-order valence-electron chi connectivity index (χ0n) is 9.75. The SMILES string of the molecule is NC(C(=O)O)C(O)CCCCc1ccccc1. The van der Waals surface area contributed by atoms with E-state index in [4.69, 9.17) is 10.8 Å². The molecule has 0 aromatic heterocycles. The molecule has 0 aliphatic rings. The molecule has 0 radical (unpaired) electrons. The number of benzene rings is 1. The van der Waals surface area contributed by atoms with Crippen LogP contribution in [0.25, 0.3) is 0 Å². The molecule has 2 atom stereocenters. The first-order valence-electron chi connectivity index (χ1n) is 5.81. The van der Waals surface area contributed by atoms with Gasteiger partial charge in [-0.05, 0) is 24.8 Å². The third-order valence-electron chi connectivity index (χ3n) is 2.76. The number of hydrogen-bond acceptors (Lipinski definition) is 3. The smallest absolute Gasteiger partial charge is 0.323 e. The van der Waals surface area contributed by atoms with Crippen molar-refractivity contribution < 1.29 is 15.0 Å². The lowest BCUT2D eigenvalue weighted by atomic mass is 10.0. The molecule has 0 bridgehead atoms. The number of aliphatic carboxylic acids is 1. The summed E-state index contributed by atoms with van der Waals surface area (Å²) >= 11 is 0. The van der Waals surface area contributed by atoms with Gasteiger partial charge in [0.1, 0.15) is 6.04 Å². The van der Waals surface area contributed by atoms with Gasteiger partial charge in [0.05, 0.1) is 6.10 Å². The zero-order valence-corrected chi connectivity index (χ0v) is 9.75. The molecule has 4 nitrogen and oxygen atoms in total. The summed E-state index contributed by atoms with van der Waals surface area (Å²) in [5.74, 6) is -1.15. The van der Waals surface area contributed by atoms with Crippen molar-refractivity contribution in [2.45, 2.75) is 37.8 Å². The van der Waals surface area contributed by atoms with Crippen LogP contribution >= 0.6 is 0 Å². The fourth-order valence-corrected chi connectivity index (χ4v) is 1.67. The van der Waals surface area contributed by atoms with Gasteiger partial charge in [-0.1, -0.05) is 36.8 Å². The van der Waals surface area contributed by atoms with Crippen LogP contribution in [0.4, 0.5) is 0 Å². The fourth-order valence-electron chi connectivity index (χ4n) is 1.67. The van der Waals surface area contributed by atoms with E-state index in [-0.39, 0.29) is 0 Å². The minimum absolute atomic E-state index is 0.431. The molecule has 0 fully saturated rings. The third kappa shape index (κ3) is 4.97. The first-order valence-corrected chi connectivity index (χ1v) is 5.81. The maximum absolute atomic E-state index is 10.5. The average Bonchev–Trinajstić information content (AvgIpc) is 2.34. The first kappa shape index (κ1) is 13.7. The highest BCUT2D eigenvalue weighted by atomic mass is 16.4. The van der Waals surface area contributed by atoms with Gasteiger partial charge >= 0.3 is 5.97 Å². The molecule has 2 unspecified atom stereocenters. The van der Waals surface area contributed by atoms with Crippen molar-refractivity contribution in [1.29, 1.82) is 0 Å². The van der Waals surface area contributed by atoms with E-state index in [9.17, 15) is 9.90 Å². The summed E-state index contributed by atoms with van der Waals surface area (Å²) in [6.07, 6.45) is 2.11. The summed E-state index contributed by atoms with van der Waals surface area (Å²) in [5.41, 5.74) is 6.56. The Kier molecular flexibility index (Phi) is 5.66. The summed E-state index contributed by atoms with van der Waals surface area (Å²) < 4.78 is 0. The molecule has 0 spiro atoms. The van der Waals surface area contributed by atoms with Crippen LogP contribution in [-0.4, -0.2) is 28.3 Å². The van der Waals surface area contributed by atoms with Gasteiger partial charge in [-0.3, -0.25) is 4.79 Å². The molecule has 0 heterocycles. The number of hydrogen-bond donors (Lipinski definition) is 3. The zero-order chi connectivity index (χ0) is 12.7. The number of carboxylic acid groups (broad SMARTS) is 1. The van der Waals surface area contributed by atoms with E-state index in [0.29, 0.717) is 6.42 Å². The van der Waals surface area contributed by atoms with E-state index >= 15 is 0 Å². The van der Waals surface area contributed by atoms with Gasteiger partial charge in [0.2, 0.25) is 0 Å². The molecule has 0 aliphatic carbocycles. The molecule has 1 aromatic carbocycles. The number of aryl methyl sites for hydroxylation is 1. The second-order valence-electron chi connectivity index (χ2n) is 4.16. The number of aliphatic hydroxyl groups is 1. The molecule has 0 aliphatic heterocycles. The maximum atomic E-state index is 10.5. The molecule has 0 saturated heterocycles. The number of carboxylic acids is 1. The van der Waals surface area contributed by atoms with Crippen LogP contribution < -0.4 is 5.73 Å². The molecule has 0 amide bonds. The Morgan fingerprint density at radius 1 is 1.24 bits per heavy atom. The fraction of sp³-hybridized carbons (Fsp3) is 0.462. The Bertz CT molecular complexity index is 340. The second-order valence-corrected chi connectivity index (χ2v) is 4.16. The van der Waals surface area contributed by atoms with Crippen molar-refractivity contribution >= 4 is 5.97 Å². The Hall–Kier alpha value is -1.39. The van der Waals surface area contributed by atoms with E-state index < -0.39 is 18.1 Å². The quantitative estimate of drug-likeness (QED) is 0.622.